The van der Waals surface area contributed by atoms with Gasteiger partial charge in [0.15, 0.2) is 0 Å². The third kappa shape index (κ3) is 8.16. The van der Waals surface area contributed by atoms with E-state index in [-0.39, 0.29) is 46.8 Å². The zero-order chi connectivity index (χ0) is 36.0. The van der Waals surface area contributed by atoms with Crippen molar-refractivity contribution in [2.24, 2.45) is 29.1 Å². The molecule has 5 saturated carbocycles. The fourth-order valence-corrected chi connectivity index (χ4v) is 10.4. The largest absolute Gasteiger partial charge is 0.347 e. The molecule has 5 atom stereocenters. The standard InChI is InChI=1S/C36H58N6O7S/c1-35(2)25-20-42(29(27(25)35)31(44)38-26(19-22-13-14-22)30(43)32(45)37-24-15-16-24)33(46)28(23-11-7-5-8-12-23)39-34(47)40-36(17-9-6-10-18-36)21-50(48,49)41(3)4/h22-29H,5-21H2,1-4H3,(H,37,45)(H,38,44)(H2,39,40,47). The van der Waals surface area contributed by atoms with Crippen molar-refractivity contribution in [1.29, 1.82) is 0 Å². The Morgan fingerprint density at radius 3 is 2.10 bits per heavy atom. The predicted octanol–water partition coefficient (Wildman–Crippen LogP) is 2.44. The van der Waals surface area contributed by atoms with Crippen molar-refractivity contribution < 1.29 is 32.4 Å². The second kappa shape index (κ2) is 14.4. The Morgan fingerprint density at radius 2 is 1.50 bits per heavy atom. The molecule has 1 aliphatic heterocycles. The second-order valence-corrected chi connectivity index (χ2v) is 19.3. The monoisotopic (exact) mass is 718 g/mol. The molecule has 0 spiro atoms. The van der Waals surface area contributed by atoms with E-state index in [9.17, 15) is 32.4 Å². The highest BCUT2D eigenvalue weighted by atomic mass is 32.2. The topological polar surface area (TPSA) is 174 Å². The summed E-state index contributed by atoms with van der Waals surface area (Å²) < 4.78 is 27.2. The molecule has 0 aromatic rings. The van der Waals surface area contributed by atoms with Gasteiger partial charge in [0.1, 0.15) is 12.1 Å². The maximum Gasteiger partial charge on any atom is 0.315 e. The maximum absolute atomic E-state index is 14.7. The van der Waals surface area contributed by atoms with Crippen molar-refractivity contribution in [3.8, 4) is 0 Å². The highest BCUT2D eigenvalue weighted by Crippen LogP contribution is 2.65. The van der Waals surface area contributed by atoms with Crippen molar-refractivity contribution in [1.82, 2.24) is 30.5 Å². The van der Waals surface area contributed by atoms with Crippen LogP contribution in [-0.4, -0.2) is 103 Å². The number of urea groups is 1. The van der Waals surface area contributed by atoms with Crippen molar-refractivity contribution in [2.45, 2.75) is 140 Å². The van der Waals surface area contributed by atoms with Crippen LogP contribution < -0.4 is 21.3 Å². The molecule has 5 aliphatic carbocycles. The molecule has 0 aromatic carbocycles. The number of ketones is 1. The van der Waals surface area contributed by atoms with Crippen molar-refractivity contribution in [3.63, 3.8) is 0 Å². The second-order valence-electron chi connectivity index (χ2n) is 17.1. The number of likely N-dealkylation sites (tertiary alicyclic amines) is 1. The van der Waals surface area contributed by atoms with Gasteiger partial charge in [0.2, 0.25) is 27.6 Å². The minimum atomic E-state index is -3.62. The van der Waals surface area contributed by atoms with Gasteiger partial charge in [-0.05, 0) is 74.0 Å². The van der Waals surface area contributed by atoms with Gasteiger partial charge in [-0.2, -0.15) is 0 Å². The third-order valence-electron chi connectivity index (χ3n) is 12.7. The molecule has 5 amide bonds. The average molecular weight is 719 g/mol. The lowest BCUT2D eigenvalue weighted by Gasteiger charge is -2.40. The summed E-state index contributed by atoms with van der Waals surface area (Å²) >= 11 is 0. The molecule has 5 unspecified atom stereocenters. The highest BCUT2D eigenvalue weighted by Gasteiger charge is 2.70. The van der Waals surface area contributed by atoms with Gasteiger partial charge >= 0.3 is 6.03 Å². The van der Waals surface area contributed by atoms with Crippen molar-refractivity contribution >= 4 is 39.6 Å². The van der Waals surface area contributed by atoms with E-state index in [1.165, 1.54) is 18.4 Å². The van der Waals surface area contributed by atoms with E-state index in [2.05, 4.69) is 35.1 Å². The molecule has 4 N–H and O–H groups in total. The van der Waals surface area contributed by atoms with Gasteiger partial charge in [-0.25, -0.2) is 17.5 Å². The van der Waals surface area contributed by atoms with Crippen molar-refractivity contribution in [2.75, 3.05) is 26.4 Å². The van der Waals surface area contributed by atoms with Crippen LogP contribution in [0.15, 0.2) is 0 Å². The fourth-order valence-electron chi connectivity index (χ4n) is 9.09. The number of piperidine rings is 1. The lowest BCUT2D eigenvalue weighted by Crippen LogP contribution is -2.63. The fraction of sp³-hybridized carbons (Fsp3) is 0.861. The van der Waals surface area contributed by atoms with Crippen LogP contribution >= 0.6 is 0 Å². The molecule has 1 heterocycles. The number of sulfonamides is 1. The van der Waals surface area contributed by atoms with Crippen LogP contribution in [0.2, 0.25) is 0 Å². The van der Waals surface area contributed by atoms with E-state index in [0.29, 0.717) is 25.8 Å². The molecule has 0 bridgehead atoms. The molecule has 14 heteroatoms. The molecule has 1 saturated heterocycles. The number of carbonyl (C=O) groups excluding carboxylic acids is 5. The summed E-state index contributed by atoms with van der Waals surface area (Å²) in [5.74, 6) is -2.10. The zero-order valence-electron chi connectivity index (χ0n) is 30.3. The Labute approximate surface area is 297 Å². The van der Waals surface area contributed by atoms with Crippen LogP contribution in [0.5, 0.6) is 0 Å². The third-order valence-corrected chi connectivity index (χ3v) is 14.7. The molecule has 6 fully saturated rings. The first-order valence-electron chi connectivity index (χ1n) is 19.1. The van der Waals surface area contributed by atoms with E-state index in [4.69, 9.17) is 0 Å². The molecule has 6 rings (SSSR count). The van der Waals surface area contributed by atoms with Crippen LogP contribution in [0.4, 0.5) is 4.79 Å². The van der Waals surface area contributed by atoms with E-state index in [1.54, 1.807) is 4.90 Å². The molecular weight excluding hydrogens is 660 g/mol. The molecule has 0 radical (unpaired) electrons. The SMILES string of the molecule is CN(C)S(=O)(=O)CC1(NC(=O)NC(C(=O)N2CC3C(C2C(=O)NC(CC2CC2)C(=O)C(=O)NC2CC2)C3(C)C)C2CCCCC2)CCCCC1. The van der Waals surface area contributed by atoms with Gasteiger partial charge in [-0.1, -0.05) is 65.2 Å². The van der Waals surface area contributed by atoms with Crippen LogP contribution in [0.3, 0.4) is 0 Å². The van der Waals surface area contributed by atoms with Crippen LogP contribution in [-0.2, 0) is 29.2 Å². The Hall–Kier alpha value is -2.74. The summed E-state index contributed by atoms with van der Waals surface area (Å²) in [6.45, 7) is 4.56. The lowest BCUT2D eigenvalue weighted by molar-refractivity contribution is -0.145. The van der Waals surface area contributed by atoms with E-state index >= 15 is 0 Å². The van der Waals surface area contributed by atoms with E-state index in [1.807, 2.05) is 0 Å². The summed E-state index contributed by atoms with van der Waals surface area (Å²) in [6, 6.07) is -3.20. The van der Waals surface area contributed by atoms with Gasteiger partial charge in [0.05, 0.1) is 17.3 Å². The van der Waals surface area contributed by atoms with Crippen LogP contribution in [0.1, 0.15) is 110 Å². The first-order valence-corrected chi connectivity index (χ1v) is 20.7. The number of amides is 5. The Kier molecular flexibility index (Phi) is 10.6. The Bertz CT molecular complexity index is 1450. The average Bonchev–Trinajstić information content (AvgIpc) is 4.03. The molecular formula is C36H58N6O7S. The summed E-state index contributed by atoms with van der Waals surface area (Å²) in [7, 11) is -0.633. The minimum Gasteiger partial charge on any atom is -0.347 e. The number of hydrogen-bond acceptors (Lipinski definition) is 7. The number of fused-ring (bicyclic) bond motifs is 1. The Balaban J connectivity index is 1.21. The van der Waals surface area contributed by atoms with Crippen LogP contribution in [0.25, 0.3) is 0 Å². The summed E-state index contributed by atoms with van der Waals surface area (Å²) in [5, 5.41) is 11.7. The predicted molar refractivity (Wildman–Crippen MR) is 187 cm³/mol. The highest BCUT2D eigenvalue weighted by molar-refractivity contribution is 7.89. The molecule has 0 aromatic heterocycles. The van der Waals surface area contributed by atoms with Crippen LogP contribution in [0, 0.1) is 29.1 Å². The number of nitrogens with one attached hydrogen (secondary N) is 4. The smallest absolute Gasteiger partial charge is 0.315 e. The van der Waals surface area contributed by atoms with Gasteiger partial charge in [-0.3, -0.25) is 19.2 Å². The molecule has 50 heavy (non-hydrogen) atoms. The number of hydrogen-bond donors (Lipinski definition) is 4. The number of Topliss-reactive ketones (excluding diaryl/α,β-unsaturated/α-hetero) is 1. The minimum absolute atomic E-state index is 0.0199. The lowest BCUT2D eigenvalue weighted by atomic mass is 9.82. The van der Waals surface area contributed by atoms with Gasteiger partial charge in [-0.15, -0.1) is 0 Å². The zero-order valence-corrected chi connectivity index (χ0v) is 31.1. The molecule has 6 aliphatic rings. The van der Waals surface area contributed by atoms with Gasteiger partial charge < -0.3 is 26.2 Å². The van der Waals surface area contributed by atoms with Gasteiger partial charge in [0.25, 0.3) is 5.91 Å². The normalized spacial score (nSPS) is 28.6. The molecule has 13 nitrogen and oxygen atoms in total. The maximum atomic E-state index is 14.7. The number of nitrogens with zero attached hydrogens (tertiary/aromatic N) is 2. The Morgan fingerprint density at radius 1 is 0.860 bits per heavy atom. The first-order chi connectivity index (χ1) is 23.6. The summed E-state index contributed by atoms with van der Waals surface area (Å²) in [6.07, 6.45) is 12.0. The van der Waals surface area contributed by atoms with Crippen molar-refractivity contribution in [3.05, 3.63) is 0 Å². The number of carbonyl (C=O) groups is 5. The first kappa shape index (κ1) is 37.0. The van der Waals surface area contributed by atoms with Gasteiger partial charge in [0, 0.05) is 26.7 Å². The van der Waals surface area contributed by atoms with E-state index < -0.39 is 57.3 Å². The summed E-state index contributed by atoms with van der Waals surface area (Å²) in [5.41, 5.74) is -1.11. The molecule has 280 valence electrons. The summed E-state index contributed by atoms with van der Waals surface area (Å²) in [4.78, 5) is 70.4. The van der Waals surface area contributed by atoms with E-state index in [0.717, 1.165) is 77.0 Å². The number of rotatable bonds is 14. The quantitative estimate of drug-likeness (QED) is 0.200.